The molecule has 0 aromatic heterocycles. The summed E-state index contributed by atoms with van der Waals surface area (Å²) in [6.07, 6.45) is 0. The molecular weight excluding hydrogens is 304 g/mol. The predicted octanol–water partition coefficient (Wildman–Crippen LogP) is 0.906. The molecule has 0 amide bonds. The summed E-state index contributed by atoms with van der Waals surface area (Å²) >= 11 is 0. The summed E-state index contributed by atoms with van der Waals surface area (Å²) in [6.45, 7) is 4.94. The fraction of sp³-hybridized carbons (Fsp3) is 0.250. The van der Waals surface area contributed by atoms with Crippen LogP contribution in [0.1, 0.15) is 0 Å². The van der Waals surface area contributed by atoms with E-state index in [0.29, 0.717) is 0 Å². The van der Waals surface area contributed by atoms with E-state index >= 15 is 0 Å². The zero-order valence-corrected chi connectivity index (χ0v) is 16.6. The third kappa shape index (κ3) is 2.49. The number of benzene rings is 2. The van der Waals surface area contributed by atoms with E-state index < -0.39 is 25.3 Å². The maximum atomic E-state index is 2.81. The number of hydrogen-bond donors (Lipinski definition) is 0. The van der Waals surface area contributed by atoms with Gasteiger partial charge in [0.1, 0.15) is 8.31 Å². The average Bonchev–Trinajstić information content (AvgIpc) is 2.53. The second-order valence-corrected chi connectivity index (χ2v) is 20.3. The van der Waals surface area contributed by atoms with Crippen molar-refractivity contribution in [3.63, 3.8) is 0 Å². The normalized spacial score (nSPS) is 19.7. The highest BCUT2D eigenvalue weighted by Gasteiger charge is 2.54. The Kier molecular flexibility index (Phi) is 4.02. The lowest BCUT2D eigenvalue weighted by atomic mass is 10.4. The molecule has 2 nitrogen and oxygen atoms in total. The molecule has 0 N–H and O–H groups in total. The first-order valence-electron chi connectivity index (χ1n) is 7.59. The van der Waals surface area contributed by atoms with Gasteiger partial charge in [0, 0.05) is 0 Å². The van der Waals surface area contributed by atoms with Crippen LogP contribution in [-0.2, 0) is 0 Å². The van der Waals surface area contributed by atoms with Gasteiger partial charge in [0.25, 0.3) is 0 Å². The Morgan fingerprint density at radius 1 is 0.762 bits per heavy atom. The van der Waals surface area contributed by atoms with Crippen LogP contribution in [-0.4, -0.2) is 47.9 Å². The molecular formula is C16H24N2Si3. The topological polar surface area (TPSA) is 6.48 Å². The second kappa shape index (κ2) is 5.66. The van der Waals surface area contributed by atoms with Crippen molar-refractivity contribution in [2.24, 2.45) is 0 Å². The lowest BCUT2D eigenvalue weighted by molar-refractivity contribution is 0.527. The Labute approximate surface area is 132 Å². The van der Waals surface area contributed by atoms with Gasteiger partial charge in [-0.2, -0.15) is 0 Å². The van der Waals surface area contributed by atoms with Crippen LogP contribution < -0.4 is 10.4 Å². The molecule has 1 saturated heterocycles. The van der Waals surface area contributed by atoms with Crippen LogP contribution in [0, 0.1) is 0 Å². The molecule has 0 bridgehead atoms. The highest BCUT2D eigenvalue weighted by atomic mass is 29.2. The van der Waals surface area contributed by atoms with Crippen molar-refractivity contribution >= 4 is 35.7 Å². The fourth-order valence-corrected chi connectivity index (χ4v) is 29.5. The van der Waals surface area contributed by atoms with Crippen LogP contribution in [0.5, 0.6) is 0 Å². The number of nitrogens with zero attached hydrogens (tertiary/aromatic N) is 2. The van der Waals surface area contributed by atoms with Gasteiger partial charge in [0.05, 0.1) is 0 Å². The molecule has 5 heteroatoms. The SMILES string of the molecule is CN1[SiH]([SiH](c2ccccc2)c2ccccc2)N(C)[Si]1(C)C. The molecule has 1 fully saturated rings. The lowest BCUT2D eigenvalue weighted by Gasteiger charge is -2.61. The molecule has 21 heavy (non-hydrogen) atoms. The van der Waals surface area contributed by atoms with E-state index in [1.54, 1.807) is 10.4 Å². The van der Waals surface area contributed by atoms with E-state index in [0.717, 1.165) is 0 Å². The number of hydrogen-bond acceptors (Lipinski definition) is 2. The largest absolute Gasteiger partial charge is 0.329 e. The summed E-state index contributed by atoms with van der Waals surface area (Å²) in [5.74, 6) is 0. The molecule has 110 valence electrons. The van der Waals surface area contributed by atoms with Crippen molar-refractivity contribution in [3.05, 3.63) is 60.7 Å². The first-order chi connectivity index (χ1) is 10.0. The molecule has 1 aliphatic heterocycles. The minimum absolute atomic E-state index is 1.02. The smallest absolute Gasteiger partial charge is 0.187 e. The summed E-state index contributed by atoms with van der Waals surface area (Å²) in [5.41, 5.74) is 0. The standard InChI is InChI=1S/C16H24N2Si3/c1-17-20(18(2)21(17,3)4)19(15-11-7-5-8-12-15)16-13-9-6-10-14-16/h5-14,19-20H,1-4H3. The van der Waals surface area contributed by atoms with Crippen molar-refractivity contribution in [1.29, 1.82) is 0 Å². The van der Waals surface area contributed by atoms with Crippen LogP contribution in [0.4, 0.5) is 0 Å². The minimum atomic E-state index is -1.29. The van der Waals surface area contributed by atoms with Gasteiger partial charge in [0.15, 0.2) is 17.0 Å². The van der Waals surface area contributed by atoms with Gasteiger partial charge >= 0.3 is 0 Å². The molecule has 0 unspecified atom stereocenters. The van der Waals surface area contributed by atoms with E-state index in [1.807, 2.05) is 0 Å². The van der Waals surface area contributed by atoms with Gasteiger partial charge < -0.3 is 8.46 Å². The van der Waals surface area contributed by atoms with Crippen LogP contribution in [0.25, 0.3) is 0 Å². The second-order valence-electron chi connectivity index (χ2n) is 6.43. The van der Waals surface area contributed by atoms with Gasteiger partial charge in [0.2, 0.25) is 0 Å². The zero-order valence-electron chi connectivity index (χ0n) is 13.3. The lowest BCUT2D eigenvalue weighted by Crippen LogP contribution is -2.88. The minimum Gasteiger partial charge on any atom is -0.329 e. The molecule has 0 spiro atoms. The van der Waals surface area contributed by atoms with Gasteiger partial charge in [-0.15, -0.1) is 0 Å². The van der Waals surface area contributed by atoms with Gasteiger partial charge in [-0.3, -0.25) is 0 Å². The van der Waals surface area contributed by atoms with Gasteiger partial charge in [-0.1, -0.05) is 71.0 Å². The first-order valence-corrected chi connectivity index (χ1v) is 15.3. The van der Waals surface area contributed by atoms with E-state index in [4.69, 9.17) is 0 Å². The highest BCUT2D eigenvalue weighted by Crippen LogP contribution is 2.27. The van der Waals surface area contributed by atoms with E-state index in [1.165, 1.54) is 0 Å². The van der Waals surface area contributed by atoms with E-state index in [2.05, 4.69) is 96.3 Å². The molecule has 2 aromatic rings. The van der Waals surface area contributed by atoms with Crippen molar-refractivity contribution in [2.75, 3.05) is 14.1 Å². The summed E-state index contributed by atoms with van der Waals surface area (Å²) in [7, 11) is 1.34. The van der Waals surface area contributed by atoms with Crippen molar-refractivity contribution in [1.82, 2.24) is 8.46 Å². The quantitative estimate of drug-likeness (QED) is 0.773. The summed E-state index contributed by atoms with van der Waals surface area (Å²) in [6, 6.07) is 22.5. The summed E-state index contributed by atoms with van der Waals surface area (Å²) in [4.78, 5) is 0. The fourth-order valence-electron chi connectivity index (χ4n) is 3.40. The van der Waals surface area contributed by atoms with Crippen LogP contribution in [0.2, 0.25) is 13.1 Å². The summed E-state index contributed by atoms with van der Waals surface area (Å²) < 4.78 is 5.62. The van der Waals surface area contributed by atoms with Crippen molar-refractivity contribution in [3.8, 4) is 0 Å². The molecule has 0 aliphatic carbocycles. The molecule has 0 saturated carbocycles. The third-order valence-corrected chi connectivity index (χ3v) is 26.9. The van der Waals surface area contributed by atoms with Crippen LogP contribution in [0.15, 0.2) is 60.7 Å². The third-order valence-electron chi connectivity index (χ3n) is 5.14. The van der Waals surface area contributed by atoms with Gasteiger partial charge in [-0.25, -0.2) is 0 Å². The number of rotatable bonds is 3. The van der Waals surface area contributed by atoms with E-state index in [-0.39, 0.29) is 0 Å². The molecule has 3 rings (SSSR count). The Morgan fingerprint density at radius 3 is 1.52 bits per heavy atom. The monoisotopic (exact) mass is 328 g/mol. The Morgan fingerprint density at radius 2 is 1.14 bits per heavy atom. The maximum absolute atomic E-state index is 2.81. The molecule has 1 heterocycles. The van der Waals surface area contributed by atoms with Crippen molar-refractivity contribution < 1.29 is 0 Å². The Hall–Kier alpha value is -0.989. The molecule has 0 atom stereocenters. The maximum Gasteiger partial charge on any atom is 0.187 e. The summed E-state index contributed by atoms with van der Waals surface area (Å²) in [5, 5.41) is 3.20. The highest BCUT2D eigenvalue weighted by molar-refractivity contribution is 7.37. The van der Waals surface area contributed by atoms with Crippen molar-refractivity contribution in [2.45, 2.75) is 13.1 Å². The van der Waals surface area contributed by atoms with Crippen LogP contribution in [0.3, 0.4) is 0 Å². The van der Waals surface area contributed by atoms with Crippen LogP contribution >= 0.6 is 0 Å². The predicted molar refractivity (Wildman–Crippen MR) is 99.5 cm³/mol. The Balaban J connectivity index is 2.03. The first kappa shape index (κ1) is 14.9. The Bertz CT molecular complexity index is 552. The molecule has 2 aromatic carbocycles. The van der Waals surface area contributed by atoms with Gasteiger partial charge in [-0.05, 0) is 27.2 Å². The average molecular weight is 329 g/mol. The zero-order chi connectivity index (χ0) is 15.0. The molecule has 1 aliphatic rings. The van der Waals surface area contributed by atoms with E-state index in [9.17, 15) is 0 Å². The molecule has 0 radical (unpaired) electrons.